The lowest BCUT2D eigenvalue weighted by atomic mass is 10.2. The van der Waals surface area contributed by atoms with Crippen LogP contribution in [-0.4, -0.2) is 16.2 Å². The Hall–Kier alpha value is 0.0400. The SMILES string of the molecule is CC(C)COCn1c(Cl)nc(Cl)c1Cl. The summed E-state index contributed by atoms with van der Waals surface area (Å²) < 4.78 is 6.86. The summed E-state index contributed by atoms with van der Waals surface area (Å²) in [6, 6.07) is 0. The van der Waals surface area contributed by atoms with Gasteiger partial charge in [-0.15, -0.1) is 0 Å². The first-order valence-electron chi connectivity index (χ1n) is 4.17. The summed E-state index contributed by atoms with van der Waals surface area (Å²) in [6.45, 7) is 5.03. The number of hydrogen-bond acceptors (Lipinski definition) is 2. The van der Waals surface area contributed by atoms with Crippen molar-refractivity contribution in [3.63, 3.8) is 0 Å². The summed E-state index contributed by atoms with van der Waals surface area (Å²) >= 11 is 17.3. The summed E-state index contributed by atoms with van der Waals surface area (Å²) in [6.07, 6.45) is 0. The van der Waals surface area contributed by atoms with Gasteiger partial charge in [0.05, 0.1) is 6.61 Å². The van der Waals surface area contributed by atoms with Crippen molar-refractivity contribution in [3.05, 3.63) is 15.6 Å². The molecule has 1 aromatic rings. The molecule has 6 heteroatoms. The maximum Gasteiger partial charge on any atom is 0.207 e. The molecule has 80 valence electrons. The first-order chi connectivity index (χ1) is 6.52. The van der Waals surface area contributed by atoms with Crippen LogP contribution in [0.3, 0.4) is 0 Å². The van der Waals surface area contributed by atoms with E-state index in [0.29, 0.717) is 17.7 Å². The van der Waals surface area contributed by atoms with Crippen molar-refractivity contribution in [2.75, 3.05) is 6.61 Å². The zero-order valence-corrected chi connectivity index (χ0v) is 10.2. The highest BCUT2D eigenvalue weighted by Crippen LogP contribution is 2.25. The van der Waals surface area contributed by atoms with Crippen LogP contribution in [0.4, 0.5) is 0 Å². The molecule has 1 aromatic heterocycles. The Labute approximate surface area is 97.9 Å². The number of imidazole rings is 1. The predicted octanol–water partition coefficient (Wildman–Crippen LogP) is 3.47. The third-order valence-corrected chi connectivity index (χ3v) is 2.52. The summed E-state index contributed by atoms with van der Waals surface area (Å²) in [7, 11) is 0. The van der Waals surface area contributed by atoms with Gasteiger partial charge in [0.1, 0.15) is 6.73 Å². The highest BCUT2D eigenvalue weighted by molar-refractivity contribution is 6.41. The van der Waals surface area contributed by atoms with Crippen molar-refractivity contribution in [1.82, 2.24) is 9.55 Å². The highest BCUT2D eigenvalue weighted by atomic mass is 35.5. The number of aromatic nitrogens is 2. The molecule has 0 aliphatic heterocycles. The fourth-order valence-electron chi connectivity index (χ4n) is 0.869. The molecule has 0 saturated heterocycles. The predicted molar refractivity (Wildman–Crippen MR) is 58.0 cm³/mol. The van der Waals surface area contributed by atoms with Crippen LogP contribution in [0, 0.1) is 5.92 Å². The van der Waals surface area contributed by atoms with Crippen LogP contribution in [0.5, 0.6) is 0 Å². The number of ether oxygens (including phenoxy) is 1. The number of rotatable bonds is 4. The molecule has 1 heterocycles. The zero-order valence-electron chi connectivity index (χ0n) is 7.93. The molecule has 0 aromatic carbocycles. The normalized spacial score (nSPS) is 11.3. The zero-order chi connectivity index (χ0) is 10.7. The minimum absolute atomic E-state index is 0.199. The minimum atomic E-state index is 0.199. The molecule has 14 heavy (non-hydrogen) atoms. The minimum Gasteiger partial charge on any atom is -0.360 e. The highest BCUT2D eigenvalue weighted by Gasteiger charge is 2.11. The first kappa shape index (κ1) is 12.1. The fraction of sp³-hybridized carbons (Fsp3) is 0.625. The molecule has 0 atom stereocenters. The van der Waals surface area contributed by atoms with Gasteiger partial charge in [-0.1, -0.05) is 37.0 Å². The molecule has 1 rings (SSSR count). The van der Waals surface area contributed by atoms with Crippen LogP contribution in [0.1, 0.15) is 13.8 Å². The third kappa shape index (κ3) is 3.02. The lowest BCUT2D eigenvalue weighted by molar-refractivity contribution is 0.0580. The molecular weight excluding hydrogens is 246 g/mol. The maximum atomic E-state index is 5.83. The quantitative estimate of drug-likeness (QED) is 0.826. The molecule has 0 aliphatic carbocycles. The van der Waals surface area contributed by atoms with E-state index in [2.05, 4.69) is 18.8 Å². The van der Waals surface area contributed by atoms with E-state index in [4.69, 9.17) is 39.5 Å². The van der Waals surface area contributed by atoms with Gasteiger partial charge in [0.15, 0.2) is 10.3 Å². The second-order valence-electron chi connectivity index (χ2n) is 3.28. The van der Waals surface area contributed by atoms with E-state index >= 15 is 0 Å². The molecular formula is C8H11Cl3N2O. The molecule has 0 spiro atoms. The Kier molecular flexibility index (Phi) is 4.51. The van der Waals surface area contributed by atoms with Crippen LogP contribution >= 0.6 is 34.8 Å². The first-order valence-corrected chi connectivity index (χ1v) is 5.30. The van der Waals surface area contributed by atoms with Gasteiger partial charge >= 0.3 is 0 Å². The molecule has 3 nitrogen and oxygen atoms in total. The van der Waals surface area contributed by atoms with Crippen LogP contribution in [0.2, 0.25) is 15.6 Å². The fourth-order valence-corrected chi connectivity index (χ4v) is 1.53. The van der Waals surface area contributed by atoms with Crippen LogP contribution < -0.4 is 0 Å². The van der Waals surface area contributed by atoms with E-state index in [1.165, 1.54) is 4.57 Å². The van der Waals surface area contributed by atoms with Gasteiger partial charge < -0.3 is 4.74 Å². The summed E-state index contributed by atoms with van der Waals surface area (Å²) in [5.74, 6) is 0.464. The van der Waals surface area contributed by atoms with Gasteiger partial charge in [-0.2, -0.15) is 0 Å². The van der Waals surface area contributed by atoms with Gasteiger partial charge in [-0.25, -0.2) is 4.98 Å². The van der Waals surface area contributed by atoms with Gasteiger partial charge in [0, 0.05) is 0 Å². The summed E-state index contributed by atoms with van der Waals surface area (Å²) in [4.78, 5) is 3.79. The Bertz CT molecular complexity index is 312. The lowest BCUT2D eigenvalue weighted by Gasteiger charge is -2.08. The van der Waals surface area contributed by atoms with Gasteiger partial charge in [-0.3, -0.25) is 4.57 Å². The Morgan fingerprint density at radius 2 is 2.00 bits per heavy atom. The topological polar surface area (TPSA) is 27.1 Å². The largest absolute Gasteiger partial charge is 0.360 e. The van der Waals surface area contributed by atoms with E-state index in [1.807, 2.05) is 0 Å². The number of hydrogen-bond donors (Lipinski definition) is 0. The molecule has 0 amide bonds. The molecule has 0 N–H and O–H groups in total. The van der Waals surface area contributed by atoms with Crippen molar-refractivity contribution < 1.29 is 4.74 Å². The van der Waals surface area contributed by atoms with Crippen LogP contribution in [0.25, 0.3) is 0 Å². The smallest absolute Gasteiger partial charge is 0.207 e. The van der Waals surface area contributed by atoms with E-state index in [1.54, 1.807) is 0 Å². The molecule has 0 bridgehead atoms. The van der Waals surface area contributed by atoms with E-state index in [0.717, 1.165) is 0 Å². The van der Waals surface area contributed by atoms with Crippen molar-refractivity contribution in [1.29, 1.82) is 0 Å². The van der Waals surface area contributed by atoms with Gasteiger partial charge in [-0.05, 0) is 17.5 Å². The molecule has 0 unspecified atom stereocenters. The van der Waals surface area contributed by atoms with Crippen molar-refractivity contribution in [2.24, 2.45) is 5.92 Å². The molecule has 0 aliphatic rings. The Morgan fingerprint density at radius 3 is 2.43 bits per heavy atom. The van der Waals surface area contributed by atoms with E-state index < -0.39 is 0 Å². The average molecular weight is 258 g/mol. The van der Waals surface area contributed by atoms with Crippen molar-refractivity contribution >= 4 is 34.8 Å². The molecule has 0 radical (unpaired) electrons. The van der Waals surface area contributed by atoms with E-state index in [-0.39, 0.29) is 17.2 Å². The maximum absolute atomic E-state index is 5.83. The Balaban J connectivity index is 2.58. The van der Waals surface area contributed by atoms with Gasteiger partial charge in [0.2, 0.25) is 5.28 Å². The van der Waals surface area contributed by atoms with Crippen molar-refractivity contribution in [2.45, 2.75) is 20.6 Å². The van der Waals surface area contributed by atoms with Crippen LogP contribution in [0.15, 0.2) is 0 Å². The second kappa shape index (κ2) is 5.21. The summed E-state index contributed by atoms with van der Waals surface area (Å²) in [5, 5.41) is 0.744. The third-order valence-electron chi connectivity index (χ3n) is 1.49. The molecule has 0 saturated carbocycles. The van der Waals surface area contributed by atoms with Crippen molar-refractivity contribution in [3.8, 4) is 0 Å². The standard InChI is InChI=1S/C8H11Cl3N2O/c1-5(2)3-14-4-13-7(10)6(9)12-8(13)11/h5H,3-4H2,1-2H3. The monoisotopic (exact) mass is 256 g/mol. The molecule has 0 fully saturated rings. The number of halogens is 3. The van der Waals surface area contributed by atoms with Gasteiger partial charge in [0.25, 0.3) is 0 Å². The average Bonchev–Trinajstić information content (AvgIpc) is 2.31. The van der Waals surface area contributed by atoms with E-state index in [9.17, 15) is 0 Å². The summed E-state index contributed by atoms with van der Waals surface area (Å²) in [5.41, 5.74) is 0. The second-order valence-corrected chi connectivity index (χ2v) is 4.34. The number of nitrogens with zero attached hydrogens (tertiary/aromatic N) is 2. The Morgan fingerprint density at radius 1 is 1.36 bits per heavy atom. The van der Waals surface area contributed by atoms with Crippen LogP contribution in [-0.2, 0) is 11.5 Å². The lowest BCUT2D eigenvalue weighted by Crippen LogP contribution is -2.07.